The van der Waals surface area contributed by atoms with E-state index >= 15 is 0 Å². The third kappa shape index (κ3) is 4.41. The Balaban J connectivity index is 1.93. The average Bonchev–Trinajstić information content (AvgIpc) is 3.01. The Hall–Kier alpha value is -2.83. The molecule has 8 heteroatoms. The lowest BCUT2D eigenvalue weighted by atomic mass is 10.1. The lowest BCUT2D eigenvalue weighted by Crippen LogP contribution is -2.24. The van der Waals surface area contributed by atoms with Crippen molar-refractivity contribution in [2.24, 2.45) is 10.8 Å². The van der Waals surface area contributed by atoms with Gasteiger partial charge in [0.1, 0.15) is 5.69 Å². The Labute approximate surface area is 160 Å². The number of nitrogens with one attached hydrogen (secondary N) is 1. The molecule has 0 spiro atoms. The van der Waals surface area contributed by atoms with E-state index in [1.165, 1.54) is 6.21 Å². The second kappa shape index (κ2) is 8.03. The summed E-state index contributed by atoms with van der Waals surface area (Å²) < 4.78 is 1.77. The first kappa shape index (κ1) is 18.0. The Kier molecular flexibility index (Phi) is 5.55. The summed E-state index contributed by atoms with van der Waals surface area (Å²) in [4.78, 5) is 10.8. The van der Waals surface area contributed by atoms with Crippen molar-refractivity contribution in [2.45, 2.75) is 6.54 Å². The highest BCUT2D eigenvalue weighted by Gasteiger charge is 2.10. The largest absolute Gasteiger partial charge is 0.350 e. The monoisotopic (exact) mass is 387 g/mol. The van der Waals surface area contributed by atoms with E-state index < -0.39 is 6.03 Å². The number of hydrogen-bond donors (Lipinski definition) is 2. The van der Waals surface area contributed by atoms with Gasteiger partial charge in [-0.1, -0.05) is 59.6 Å². The molecule has 2 aromatic carbocycles. The van der Waals surface area contributed by atoms with Crippen LogP contribution in [-0.4, -0.2) is 22.0 Å². The van der Waals surface area contributed by atoms with Gasteiger partial charge in [0, 0.05) is 17.3 Å². The number of primary amides is 1. The highest BCUT2D eigenvalue weighted by atomic mass is 35.5. The predicted octanol–water partition coefficient (Wildman–Crippen LogP) is 3.91. The molecule has 0 aliphatic heterocycles. The number of carbonyl (C=O) groups excluding carboxylic acids is 1. The van der Waals surface area contributed by atoms with Gasteiger partial charge in [-0.15, -0.1) is 0 Å². The van der Waals surface area contributed by atoms with Crippen LogP contribution in [0.25, 0.3) is 11.3 Å². The standard InChI is InChI=1S/C18H15Cl2N5O/c19-15-7-6-12(8-16(15)20)10-25-11-14(9-22-23-18(21)26)17(24-25)13-4-2-1-3-5-13/h1-9,11H,10H2,(H3,21,23,26)/b22-9-. The number of hydrogen-bond acceptors (Lipinski definition) is 3. The van der Waals surface area contributed by atoms with Crippen molar-refractivity contribution in [3.8, 4) is 11.3 Å². The molecule has 0 unspecified atom stereocenters. The topological polar surface area (TPSA) is 85.3 Å². The van der Waals surface area contributed by atoms with Crippen molar-refractivity contribution in [1.82, 2.24) is 15.2 Å². The van der Waals surface area contributed by atoms with Gasteiger partial charge in [0.15, 0.2) is 0 Å². The molecule has 0 aliphatic carbocycles. The van der Waals surface area contributed by atoms with Crippen molar-refractivity contribution < 1.29 is 4.79 Å². The van der Waals surface area contributed by atoms with Crippen LogP contribution in [0.15, 0.2) is 59.8 Å². The summed E-state index contributed by atoms with van der Waals surface area (Å²) in [6.07, 6.45) is 3.34. The molecule has 0 radical (unpaired) electrons. The Morgan fingerprint density at radius 2 is 1.96 bits per heavy atom. The maximum Gasteiger partial charge on any atom is 0.332 e. The van der Waals surface area contributed by atoms with Crippen LogP contribution in [0.5, 0.6) is 0 Å². The van der Waals surface area contributed by atoms with E-state index in [-0.39, 0.29) is 0 Å². The predicted molar refractivity (Wildman–Crippen MR) is 104 cm³/mol. The average molecular weight is 388 g/mol. The maximum atomic E-state index is 10.8. The van der Waals surface area contributed by atoms with Crippen molar-refractivity contribution in [2.75, 3.05) is 0 Å². The van der Waals surface area contributed by atoms with Gasteiger partial charge < -0.3 is 5.73 Å². The number of hydrazone groups is 1. The molecule has 0 saturated carbocycles. The van der Waals surface area contributed by atoms with Gasteiger partial charge in [-0.25, -0.2) is 10.2 Å². The number of halogens is 2. The number of carbonyl (C=O) groups is 1. The number of nitrogens with zero attached hydrogens (tertiary/aromatic N) is 3. The summed E-state index contributed by atoms with van der Waals surface area (Å²) in [5.74, 6) is 0. The highest BCUT2D eigenvalue weighted by Crippen LogP contribution is 2.24. The molecule has 0 fully saturated rings. The van der Waals surface area contributed by atoms with Gasteiger partial charge in [-0.2, -0.15) is 10.2 Å². The summed E-state index contributed by atoms with van der Waals surface area (Å²) in [6, 6.07) is 14.4. The number of benzene rings is 2. The molecular weight excluding hydrogens is 373 g/mol. The van der Waals surface area contributed by atoms with Gasteiger partial charge in [0.25, 0.3) is 0 Å². The summed E-state index contributed by atoms with van der Waals surface area (Å²) in [7, 11) is 0. The SMILES string of the molecule is NC(=O)N/N=C\c1cn(Cc2ccc(Cl)c(Cl)c2)nc1-c1ccccc1. The first-order chi connectivity index (χ1) is 12.5. The summed E-state index contributed by atoms with van der Waals surface area (Å²) in [6.45, 7) is 0.508. The van der Waals surface area contributed by atoms with Crippen LogP contribution in [0.3, 0.4) is 0 Å². The molecule has 3 N–H and O–H groups in total. The molecule has 2 amide bonds. The van der Waals surface area contributed by atoms with Crippen molar-refractivity contribution >= 4 is 35.4 Å². The van der Waals surface area contributed by atoms with Crippen LogP contribution in [0.1, 0.15) is 11.1 Å². The molecular formula is C18H15Cl2N5O. The van der Waals surface area contributed by atoms with Crippen LogP contribution in [0, 0.1) is 0 Å². The number of rotatable bonds is 5. The van der Waals surface area contributed by atoms with E-state index in [1.54, 1.807) is 16.8 Å². The van der Waals surface area contributed by atoms with E-state index in [1.807, 2.05) is 42.6 Å². The second-order valence-electron chi connectivity index (χ2n) is 5.48. The van der Waals surface area contributed by atoms with E-state index in [0.29, 0.717) is 16.6 Å². The second-order valence-corrected chi connectivity index (χ2v) is 6.29. The number of urea groups is 1. The minimum atomic E-state index is -0.731. The zero-order valence-electron chi connectivity index (χ0n) is 13.6. The van der Waals surface area contributed by atoms with E-state index in [4.69, 9.17) is 28.9 Å². The number of aromatic nitrogens is 2. The van der Waals surface area contributed by atoms with Gasteiger partial charge >= 0.3 is 6.03 Å². The molecule has 3 rings (SSSR count). The molecule has 0 aliphatic rings. The lowest BCUT2D eigenvalue weighted by molar-refractivity contribution is 0.249. The van der Waals surface area contributed by atoms with Crippen LogP contribution < -0.4 is 11.2 Å². The molecule has 0 saturated heterocycles. The third-order valence-corrected chi connectivity index (χ3v) is 4.28. The first-order valence-corrected chi connectivity index (χ1v) is 8.44. The van der Waals surface area contributed by atoms with Gasteiger partial charge in [0.2, 0.25) is 0 Å². The Morgan fingerprint density at radius 3 is 2.65 bits per heavy atom. The molecule has 132 valence electrons. The summed E-state index contributed by atoms with van der Waals surface area (Å²) in [5.41, 5.74) is 10.6. The van der Waals surface area contributed by atoms with Crippen LogP contribution in [0.4, 0.5) is 4.79 Å². The van der Waals surface area contributed by atoms with Crippen LogP contribution >= 0.6 is 23.2 Å². The van der Waals surface area contributed by atoms with Crippen molar-refractivity contribution in [3.05, 3.63) is 75.9 Å². The normalized spacial score (nSPS) is 11.0. The van der Waals surface area contributed by atoms with Gasteiger partial charge in [-0.05, 0) is 17.7 Å². The summed E-state index contributed by atoms with van der Waals surface area (Å²) >= 11 is 12.0. The third-order valence-electron chi connectivity index (χ3n) is 3.54. The lowest BCUT2D eigenvalue weighted by Gasteiger charge is -2.03. The van der Waals surface area contributed by atoms with Crippen LogP contribution in [-0.2, 0) is 6.54 Å². The zero-order valence-corrected chi connectivity index (χ0v) is 15.1. The molecule has 26 heavy (non-hydrogen) atoms. The van der Waals surface area contributed by atoms with E-state index in [0.717, 1.165) is 22.4 Å². The molecule has 3 aromatic rings. The molecule has 1 heterocycles. The fraction of sp³-hybridized carbons (Fsp3) is 0.0556. The fourth-order valence-electron chi connectivity index (χ4n) is 2.42. The van der Waals surface area contributed by atoms with Crippen molar-refractivity contribution in [1.29, 1.82) is 0 Å². The van der Waals surface area contributed by atoms with Gasteiger partial charge in [0.05, 0.1) is 22.8 Å². The zero-order chi connectivity index (χ0) is 18.5. The fourth-order valence-corrected chi connectivity index (χ4v) is 2.74. The maximum absolute atomic E-state index is 10.8. The highest BCUT2D eigenvalue weighted by molar-refractivity contribution is 6.42. The minimum absolute atomic E-state index is 0.493. The number of amides is 2. The van der Waals surface area contributed by atoms with Crippen LogP contribution in [0.2, 0.25) is 10.0 Å². The minimum Gasteiger partial charge on any atom is -0.350 e. The molecule has 0 bridgehead atoms. The molecule has 1 aromatic heterocycles. The van der Waals surface area contributed by atoms with Gasteiger partial charge in [-0.3, -0.25) is 4.68 Å². The quantitative estimate of drug-likeness (QED) is 0.513. The Bertz CT molecular complexity index is 953. The smallest absolute Gasteiger partial charge is 0.332 e. The molecule has 0 atom stereocenters. The van der Waals surface area contributed by atoms with Crippen molar-refractivity contribution in [3.63, 3.8) is 0 Å². The first-order valence-electron chi connectivity index (χ1n) is 7.68. The Morgan fingerprint density at radius 1 is 1.19 bits per heavy atom. The van der Waals surface area contributed by atoms with E-state index in [2.05, 4.69) is 15.6 Å². The summed E-state index contributed by atoms with van der Waals surface area (Å²) in [5, 5.41) is 9.46. The molecule has 6 nitrogen and oxygen atoms in total. The number of nitrogens with two attached hydrogens (primary N) is 1. The van der Waals surface area contributed by atoms with E-state index in [9.17, 15) is 4.79 Å².